The summed E-state index contributed by atoms with van der Waals surface area (Å²) < 4.78 is 0. The number of hydrogen-bond acceptors (Lipinski definition) is 2. The van der Waals surface area contributed by atoms with Gasteiger partial charge in [-0.25, -0.2) is 0 Å². The van der Waals surface area contributed by atoms with Crippen molar-refractivity contribution in [2.45, 2.75) is 19.3 Å². The van der Waals surface area contributed by atoms with E-state index in [1.807, 2.05) is 0 Å². The van der Waals surface area contributed by atoms with Gasteiger partial charge in [-0.2, -0.15) is 0 Å². The molecule has 0 fully saturated rings. The highest BCUT2D eigenvalue weighted by atomic mass is 15.2. The summed E-state index contributed by atoms with van der Waals surface area (Å²) in [5.41, 5.74) is 7.28. The molecule has 0 aliphatic carbocycles. The van der Waals surface area contributed by atoms with Crippen molar-refractivity contribution in [1.82, 2.24) is 0 Å². The maximum Gasteiger partial charge on any atom is 0.0652 e. The van der Waals surface area contributed by atoms with Crippen molar-refractivity contribution in [1.29, 1.82) is 0 Å². The molecule has 0 amide bonds. The minimum atomic E-state index is 0.931. The van der Waals surface area contributed by atoms with Crippen molar-refractivity contribution in [3.63, 3.8) is 0 Å². The summed E-state index contributed by atoms with van der Waals surface area (Å²) in [5.74, 6) is 0. The molecule has 146 valence electrons. The fraction of sp³-hybridized carbons (Fsp3) is 0.185. The molecule has 3 aromatic carbocycles. The molecule has 0 bridgehead atoms. The average Bonchev–Trinajstić information content (AvgIpc) is 2.78. The van der Waals surface area contributed by atoms with Gasteiger partial charge in [0.2, 0.25) is 0 Å². The maximum atomic E-state index is 4.39. The van der Waals surface area contributed by atoms with Gasteiger partial charge in [0.1, 0.15) is 0 Å². The summed E-state index contributed by atoms with van der Waals surface area (Å²) in [6.07, 6.45) is 7.66. The van der Waals surface area contributed by atoms with E-state index in [2.05, 4.69) is 114 Å². The molecule has 2 nitrogen and oxygen atoms in total. The summed E-state index contributed by atoms with van der Waals surface area (Å²) >= 11 is 0. The van der Waals surface area contributed by atoms with Gasteiger partial charge in [-0.1, -0.05) is 67.3 Å². The standard InChI is InChI=1S/C27H28N2/c1-22-14-6-3-4-13-21-29(25-18-10-9-17-24(22)25)27-20-12-11-19-26(27)28(2)23-15-7-5-8-16-23/h3-5,7-12,15-20H,1,6,13-14,21H2,2H3/b4-3-. The Labute approximate surface area is 174 Å². The zero-order valence-corrected chi connectivity index (χ0v) is 17.1. The first kappa shape index (κ1) is 19.1. The Morgan fingerprint density at radius 2 is 1.41 bits per heavy atom. The SMILES string of the molecule is C=C1CC/C=C\CCN(c2ccccc2N(C)c2ccccc2)c2ccccc21. The van der Waals surface area contributed by atoms with Crippen LogP contribution < -0.4 is 9.80 Å². The summed E-state index contributed by atoms with van der Waals surface area (Å²) in [7, 11) is 2.14. The lowest BCUT2D eigenvalue weighted by Gasteiger charge is -2.32. The highest BCUT2D eigenvalue weighted by molar-refractivity contribution is 5.85. The van der Waals surface area contributed by atoms with E-state index in [4.69, 9.17) is 0 Å². The van der Waals surface area contributed by atoms with Gasteiger partial charge in [0.25, 0.3) is 0 Å². The van der Waals surface area contributed by atoms with Crippen LogP contribution in [0.15, 0.2) is 97.6 Å². The topological polar surface area (TPSA) is 6.48 Å². The van der Waals surface area contributed by atoms with E-state index in [0.717, 1.165) is 25.8 Å². The average molecular weight is 381 g/mol. The third-order valence-electron chi connectivity index (χ3n) is 5.55. The monoisotopic (exact) mass is 380 g/mol. The van der Waals surface area contributed by atoms with Gasteiger partial charge in [0, 0.05) is 30.5 Å². The predicted octanol–water partition coefficient (Wildman–Crippen LogP) is 7.35. The van der Waals surface area contributed by atoms with Crippen molar-refractivity contribution >= 4 is 28.3 Å². The van der Waals surface area contributed by atoms with Gasteiger partial charge >= 0.3 is 0 Å². The predicted molar refractivity (Wildman–Crippen MR) is 126 cm³/mol. The van der Waals surface area contributed by atoms with E-state index < -0.39 is 0 Å². The summed E-state index contributed by atoms with van der Waals surface area (Å²) in [6.45, 7) is 5.32. The lowest BCUT2D eigenvalue weighted by atomic mass is 9.98. The largest absolute Gasteiger partial charge is 0.343 e. The van der Waals surface area contributed by atoms with Gasteiger partial charge in [-0.3, -0.25) is 0 Å². The fourth-order valence-corrected chi connectivity index (χ4v) is 3.98. The van der Waals surface area contributed by atoms with Crippen LogP contribution in [0.3, 0.4) is 0 Å². The normalized spacial score (nSPS) is 15.5. The molecule has 0 radical (unpaired) electrons. The van der Waals surface area contributed by atoms with Gasteiger partial charge in [0.15, 0.2) is 0 Å². The molecule has 0 saturated heterocycles. The lowest BCUT2D eigenvalue weighted by molar-refractivity contribution is 0.920. The van der Waals surface area contributed by atoms with Crippen molar-refractivity contribution in [3.8, 4) is 0 Å². The number of nitrogens with zero attached hydrogens (tertiary/aromatic N) is 2. The van der Waals surface area contributed by atoms with Crippen LogP contribution in [0.1, 0.15) is 24.8 Å². The third-order valence-corrected chi connectivity index (χ3v) is 5.55. The Hall–Kier alpha value is -3.26. The maximum absolute atomic E-state index is 4.39. The Morgan fingerprint density at radius 1 is 0.759 bits per heavy atom. The number of para-hydroxylation sites is 4. The minimum absolute atomic E-state index is 0.931. The zero-order valence-electron chi connectivity index (χ0n) is 17.1. The highest BCUT2D eigenvalue weighted by Crippen LogP contribution is 2.40. The Morgan fingerprint density at radius 3 is 2.24 bits per heavy atom. The second-order valence-electron chi connectivity index (χ2n) is 7.45. The number of benzene rings is 3. The molecule has 0 unspecified atom stereocenters. The van der Waals surface area contributed by atoms with Crippen LogP contribution >= 0.6 is 0 Å². The first-order valence-electron chi connectivity index (χ1n) is 10.3. The van der Waals surface area contributed by atoms with Gasteiger partial charge < -0.3 is 9.80 Å². The van der Waals surface area contributed by atoms with Gasteiger partial charge in [-0.15, -0.1) is 0 Å². The van der Waals surface area contributed by atoms with E-state index in [1.54, 1.807) is 0 Å². The van der Waals surface area contributed by atoms with Crippen LogP contribution in [0, 0.1) is 0 Å². The smallest absolute Gasteiger partial charge is 0.0652 e. The van der Waals surface area contributed by atoms with Crippen molar-refractivity contribution in [2.75, 3.05) is 23.4 Å². The van der Waals surface area contributed by atoms with Crippen molar-refractivity contribution < 1.29 is 0 Å². The first-order chi connectivity index (χ1) is 14.3. The molecule has 0 spiro atoms. The number of anilines is 4. The second-order valence-corrected chi connectivity index (χ2v) is 7.45. The number of allylic oxidation sites excluding steroid dienone is 2. The number of rotatable bonds is 3. The molecule has 1 heterocycles. The Balaban J connectivity index is 1.83. The second kappa shape index (κ2) is 8.83. The molecule has 3 aromatic rings. The molecule has 1 aliphatic heterocycles. The summed E-state index contributed by atoms with van der Waals surface area (Å²) in [4.78, 5) is 4.71. The zero-order chi connectivity index (χ0) is 20.1. The lowest BCUT2D eigenvalue weighted by Crippen LogP contribution is -2.22. The van der Waals surface area contributed by atoms with Crippen LogP contribution in [0.2, 0.25) is 0 Å². The molecule has 4 rings (SSSR count). The molecular weight excluding hydrogens is 352 g/mol. The fourth-order valence-electron chi connectivity index (χ4n) is 3.98. The Bertz CT molecular complexity index is 1000. The van der Waals surface area contributed by atoms with Gasteiger partial charge in [-0.05, 0) is 55.2 Å². The van der Waals surface area contributed by atoms with Gasteiger partial charge in [0.05, 0.1) is 11.4 Å². The van der Waals surface area contributed by atoms with E-state index >= 15 is 0 Å². The van der Waals surface area contributed by atoms with Crippen LogP contribution in [-0.2, 0) is 0 Å². The summed E-state index contributed by atoms with van der Waals surface area (Å²) in [5, 5.41) is 0. The van der Waals surface area contributed by atoms with E-state index in [0.29, 0.717) is 0 Å². The number of fused-ring (bicyclic) bond motifs is 1. The molecular formula is C27H28N2. The van der Waals surface area contributed by atoms with Crippen LogP contribution in [-0.4, -0.2) is 13.6 Å². The minimum Gasteiger partial charge on any atom is -0.343 e. The molecule has 0 aromatic heterocycles. The molecule has 29 heavy (non-hydrogen) atoms. The van der Waals surface area contributed by atoms with Crippen molar-refractivity contribution in [3.05, 3.63) is 103 Å². The van der Waals surface area contributed by atoms with Crippen molar-refractivity contribution in [2.24, 2.45) is 0 Å². The first-order valence-corrected chi connectivity index (χ1v) is 10.3. The molecule has 0 saturated carbocycles. The van der Waals surface area contributed by atoms with Crippen LogP contribution in [0.4, 0.5) is 22.7 Å². The third kappa shape index (κ3) is 4.12. The molecule has 2 heteroatoms. The molecule has 0 atom stereocenters. The van der Waals surface area contributed by atoms with E-state index in [1.165, 1.54) is 33.9 Å². The summed E-state index contributed by atoms with van der Waals surface area (Å²) in [6, 6.07) is 27.9. The van der Waals surface area contributed by atoms with E-state index in [9.17, 15) is 0 Å². The van der Waals surface area contributed by atoms with E-state index in [-0.39, 0.29) is 0 Å². The molecule has 0 N–H and O–H groups in total. The highest BCUT2D eigenvalue weighted by Gasteiger charge is 2.19. The quantitative estimate of drug-likeness (QED) is 0.438. The van der Waals surface area contributed by atoms with Crippen LogP contribution in [0.5, 0.6) is 0 Å². The number of hydrogen-bond donors (Lipinski definition) is 0. The van der Waals surface area contributed by atoms with Crippen LogP contribution in [0.25, 0.3) is 5.57 Å². The Kier molecular flexibility index (Phi) is 5.81. The molecule has 1 aliphatic rings.